The van der Waals surface area contributed by atoms with Crippen molar-refractivity contribution in [1.29, 1.82) is 0 Å². The number of hydrogen-bond donors (Lipinski definition) is 1. The number of ether oxygens (including phenoxy) is 1. The summed E-state index contributed by atoms with van der Waals surface area (Å²) in [5.74, 6) is -1.17. The lowest BCUT2D eigenvalue weighted by atomic mass is 10.1. The van der Waals surface area contributed by atoms with Gasteiger partial charge in [-0.2, -0.15) is 0 Å². The second-order valence-corrected chi connectivity index (χ2v) is 7.80. The van der Waals surface area contributed by atoms with Gasteiger partial charge in [-0.1, -0.05) is 18.2 Å². The molecular formula is C22H27N3O4. The highest BCUT2D eigenvalue weighted by atomic mass is 16.5. The van der Waals surface area contributed by atoms with Crippen LogP contribution in [-0.4, -0.2) is 59.4 Å². The molecule has 29 heavy (non-hydrogen) atoms. The van der Waals surface area contributed by atoms with Gasteiger partial charge in [0, 0.05) is 43.3 Å². The third-order valence-corrected chi connectivity index (χ3v) is 5.77. The van der Waals surface area contributed by atoms with Crippen LogP contribution < -0.4 is 5.32 Å². The number of nitrogens with zero attached hydrogens (tertiary/aromatic N) is 2. The third kappa shape index (κ3) is 4.34. The number of rotatable bonds is 6. The number of carbonyl (C=O) groups excluding carboxylic acids is 3. The number of para-hydroxylation sites is 1. The van der Waals surface area contributed by atoms with E-state index < -0.39 is 11.7 Å². The van der Waals surface area contributed by atoms with Crippen molar-refractivity contribution >= 4 is 28.5 Å². The Kier molecular flexibility index (Phi) is 5.94. The zero-order chi connectivity index (χ0) is 20.2. The molecule has 0 saturated carbocycles. The molecule has 1 aromatic heterocycles. The molecule has 2 aliphatic rings. The average molecular weight is 397 g/mol. The van der Waals surface area contributed by atoms with Crippen molar-refractivity contribution < 1.29 is 19.1 Å². The Morgan fingerprint density at radius 3 is 2.62 bits per heavy atom. The molecule has 0 unspecified atom stereocenters. The lowest BCUT2D eigenvalue weighted by Crippen LogP contribution is -2.37. The number of likely N-dealkylation sites (tertiary alicyclic amines) is 1. The monoisotopic (exact) mass is 397 g/mol. The van der Waals surface area contributed by atoms with Crippen LogP contribution in [0, 0.1) is 0 Å². The van der Waals surface area contributed by atoms with Gasteiger partial charge in [-0.05, 0) is 38.2 Å². The second-order valence-electron chi connectivity index (χ2n) is 7.80. The number of piperidine rings is 1. The first-order chi connectivity index (χ1) is 14.1. The SMILES string of the molecule is O=C(NC[C@@H]1CCCO1)C(=O)c1cn(CC(=O)N2CCCCC2)c2ccccc12. The number of fused-ring (bicyclic) bond motifs is 1. The third-order valence-electron chi connectivity index (χ3n) is 5.77. The van der Waals surface area contributed by atoms with E-state index in [9.17, 15) is 14.4 Å². The van der Waals surface area contributed by atoms with Gasteiger partial charge in [0.2, 0.25) is 5.91 Å². The molecule has 0 radical (unpaired) electrons. The van der Waals surface area contributed by atoms with E-state index in [-0.39, 0.29) is 18.6 Å². The molecule has 0 bridgehead atoms. The number of benzene rings is 1. The van der Waals surface area contributed by atoms with Crippen LogP contribution in [0.15, 0.2) is 30.5 Å². The van der Waals surface area contributed by atoms with Gasteiger partial charge in [-0.3, -0.25) is 14.4 Å². The highest BCUT2D eigenvalue weighted by Gasteiger charge is 2.25. The first-order valence-electron chi connectivity index (χ1n) is 10.4. The quantitative estimate of drug-likeness (QED) is 0.598. The molecule has 4 rings (SSSR count). The van der Waals surface area contributed by atoms with Crippen LogP contribution in [0.5, 0.6) is 0 Å². The first-order valence-corrected chi connectivity index (χ1v) is 10.4. The van der Waals surface area contributed by atoms with Crippen molar-refractivity contribution in [2.75, 3.05) is 26.2 Å². The van der Waals surface area contributed by atoms with Gasteiger partial charge >= 0.3 is 0 Å². The van der Waals surface area contributed by atoms with E-state index >= 15 is 0 Å². The Hall–Kier alpha value is -2.67. The summed E-state index contributed by atoms with van der Waals surface area (Å²) < 4.78 is 7.28. The van der Waals surface area contributed by atoms with E-state index in [2.05, 4.69) is 5.32 Å². The van der Waals surface area contributed by atoms with Crippen LogP contribution in [0.4, 0.5) is 0 Å². The summed E-state index contributed by atoms with van der Waals surface area (Å²) in [6.45, 7) is 2.79. The maximum absolute atomic E-state index is 12.8. The summed E-state index contributed by atoms with van der Waals surface area (Å²) in [6.07, 6.45) is 6.73. The lowest BCUT2D eigenvalue weighted by molar-refractivity contribution is -0.132. The summed E-state index contributed by atoms with van der Waals surface area (Å²) >= 11 is 0. The van der Waals surface area contributed by atoms with Crippen LogP contribution in [0.1, 0.15) is 42.5 Å². The Morgan fingerprint density at radius 2 is 1.86 bits per heavy atom. The van der Waals surface area contributed by atoms with Crippen LogP contribution in [0.2, 0.25) is 0 Å². The molecule has 2 saturated heterocycles. The molecule has 7 nitrogen and oxygen atoms in total. The van der Waals surface area contributed by atoms with Gasteiger partial charge in [0.1, 0.15) is 6.54 Å². The van der Waals surface area contributed by atoms with Crippen LogP contribution >= 0.6 is 0 Å². The number of amides is 2. The lowest BCUT2D eigenvalue weighted by Gasteiger charge is -2.27. The Bertz CT molecular complexity index is 908. The van der Waals surface area contributed by atoms with E-state index in [4.69, 9.17) is 4.74 Å². The number of Topliss-reactive ketones (excluding diaryl/α,β-unsaturated/α-hetero) is 1. The molecule has 2 fully saturated rings. The van der Waals surface area contributed by atoms with Crippen molar-refractivity contribution in [1.82, 2.24) is 14.8 Å². The van der Waals surface area contributed by atoms with Gasteiger partial charge in [0.05, 0.1) is 11.7 Å². The average Bonchev–Trinajstić information content (AvgIpc) is 3.40. The summed E-state index contributed by atoms with van der Waals surface area (Å²) in [6, 6.07) is 7.40. The fourth-order valence-electron chi connectivity index (χ4n) is 4.16. The van der Waals surface area contributed by atoms with E-state index in [1.807, 2.05) is 29.2 Å². The predicted octanol–water partition coefficient (Wildman–Crippen LogP) is 2.13. The maximum atomic E-state index is 12.8. The Labute approximate surface area is 170 Å². The topological polar surface area (TPSA) is 80.6 Å². The van der Waals surface area contributed by atoms with Gasteiger partial charge < -0.3 is 19.5 Å². The summed E-state index contributed by atoms with van der Waals surface area (Å²) in [5, 5.41) is 3.38. The van der Waals surface area contributed by atoms with E-state index in [1.54, 1.807) is 10.8 Å². The predicted molar refractivity (Wildman–Crippen MR) is 109 cm³/mol. The maximum Gasteiger partial charge on any atom is 0.292 e. The molecule has 154 valence electrons. The normalized spacial score (nSPS) is 19.4. The van der Waals surface area contributed by atoms with Crippen molar-refractivity contribution in [3.8, 4) is 0 Å². The molecule has 2 aliphatic heterocycles. The highest BCUT2D eigenvalue weighted by molar-refractivity contribution is 6.45. The number of nitrogens with one attached hydrogen (secondary N) is 1. The molecule has 2 aromatic rings. The Balaban J connectivity index is 1.51. The smallest absolute Gasteiger partial charge is 0.292 e. The van der Waals surface area contributed by atoms with Gasteiger partial charge in [-0.15, -0.1) is 0 Å². The largest absolute Gasteiger partial charge is 0.376 e. The molecule has 0 spiro atoms. The molecule has 7 heteroatoms. The van der Waals surface area contributed by atoms with Crippen LogP contribution in [0.3, 0.4) is 0 Å². The van der Waals surface area contributed by atoms with Gasteiger partial charge in [0.15, 0.2) is 0 Å². The number of carbonyl (C=O) groups is 3. The molecule has 1 N–H and O–H groups in total. The minimum Gasteiger partial charge on any atom is -0.376 e. The van der Waals surface area contributed by atoms with Crippen molar-refractivity contribution in [3.63, 3.8) is 0 Å². The van der Waals surface area contributed by atoms with Crippen LogP contribution in [0.25, 0.3) is 10.9 Å². The molecular weight excluding hydrogens is 370 g/mol. The standard InChI is InChI=1S/C22H27N3O4/c26-20(24-10-4-1-5-11-24)15-25-14-18(17-8-2-3-9-19(17)25)21(27)22(28)23-13-16-7-6-12-29-16/h2-3,8-9,14,16H,1,4-7,10-13,15H2,(H,23,28)/t16-/m0/s1. The molecule has 3 heterocycles. The first kappa shape index (κ1) is 19.6. The summed E-state index contributed by atoms with van der Waals surface area (Å²) in [7, 11) is 0. The molecule has 1 aromatic carbocycles. The molecule has 0 aliphatic carbocycles. The minimum absolute atomic E-state index is 0.0183. The second kappa shape index (κ2) is 8.78. The van der Waals surface area contributed by atoms with Crippen molar-refractivity contribution in [2.24, 2.45) is 0 Å². The number of aromatic nitrogens is 1. The summed E-state index contributed by atoms with van der Waals surface area (Å²) in [5.41, 5.74) is 1.12. The fourth-order valence-corrected chi connectivity index (χ4v) is 4.16. The van der Waals surface area contributed by atoms with Gasteiger partial charge in [-0.25, -0.2) is 0 Å². The molecule has 1 atom stereocenters. The Morgan fingerprint density at radius 1 is 1.07 bits per heavy atom. The zero-order valence-electron chi connectivity index (χ0n) is 16.6. The number of hydrogen-bond acceptors (Lipinski definition) is 4. The van der Waals surface area contributed by atoms with Crippen molar-refractivity contribution in [3.05, 3.63) is 36.0 Å². The van der Waals surface area contributed by atoms with Crippen molar-refractivity contribution in [2.45, 2.75) is 44.8 Å². The summed E-state index contributed by atoms with van der Waals surface area (Å²) in [4.78, 5) is 39.8. The zero-order valence-corrected chi connectivity index (χ0v) is 16.6. The fraction of sp³-hybridized carbons (Fsp3) is 0.500. The highest BCUT2D eigenvalue weighted by Crippen LogP contribution is 2.23. The molecule has 2 amide bonds. The number of ketones is 1. The minimum atomic E-state index is -0.634. The van der Waals surface area contributed by atoms with Crippen LogP contribution in [-0.2, 0) is 20.9 Å². The van der Waals surface area contributed by atoms with E-state index in [0.717, 1.165) is 50.7 Å². The van der Waals surface area contributed by atoms with Gasteiger partial charge in [0.25, 0.3) is 11.7 Å². The van der Waals surface area contributed by atoms with E-state index in [1.165, 1.54) is 0 Å². The van der Waals surface area contributed by atoms with E-state index in [0.29, 0.717) is 24.1 Å².